The molecule has 0 radical (unpaired) electrons. The minimum absolute atomic E-state index is 0.0173. The lowest BCUT2D eigenvalue weighted by Crippen LogP contribution is -2.39. The molecule has 4 heteroatoms. The average Bonchev–Trinajstić information content (AvgIpc) is 3.03. The van der Waals surface area contributed by atoms with E-state index in [1.54, 1.807) is 11.3 Å². The quantitative estimate of drug-likeness (QED) is 0.946. The van der Waals surface area contributed by atoms with Crippen molar-refractivity contribution in [2.75, 3.05) is 0 Å². The van der Waals surface area contributed by atoms with Gasteiger partial charge in [-0.1, -0.05) is 39.0 Å². The number of nitrogens with two attached hydrogens (primary N) is 1. The number of thiazole rings is 1. The zero-order valence-electron chi connectivity index (χ0n) is 12.8. The van der Waals surface area contributed by atoms with E-state index in [2.05, 4.69) is 32.2 Å². The number of hydrogen-bond acceptors (Lipinski definition) is 4. The van der Waals surface area contributed by atoms with Crippen LogP contribution in [0.15, 0.2) is 29.6 Å². The van der Waals surface area contributed by atoms with Gasteiger partial charge in [-0.15, -0.1) is 11.3 Å². The number of benzene rings is 1. The maximum absolute atomic E-state index is 6.35. The molecule has 0 saturated heterocycles. The molecule has 2 heterocycles. The molecular formula is C17H22N2OS. The molecule has 0 bridgehead atoms. The minimum Gasteiger partial charge on any atom is -0.488 e. The van der Waals surface area contributed by atoms with Gasteiger partial charge in [-0.2, -0.15) is 0 Å². The van der Waals surface area contributed by atoms with Crippen LogP contribution in [-0.2, 0) is 18.3 Å². The largest absolute Gasteiger partial charge is 0.488 e. The smallest absolute Gasteiger partial charge is 0.123 e. The van der Waals surface area contributed by atoms with Gasteiger partial charge in [0, 0.05) is 29.7 Å². The van der Waals surface area contributed by atoms with E-state index in [4.69, 9.17) is 15.5 Å². The third kappa shape index (κ3) is 3.11. The van der Waals surface area contributed by atoms with Gasteiger partial charge in [0.25, 0.3) is 0 Å². The zero-order chi connectivity index (χ0) is 15.0. The third-order valence-electron chi connectivity index (χ3n) is 3.88. The minimum atomic E-state index is -0.0173. The first-order valence-electron chi connectivity index (χ1n) is 7.38. The molecule has 0 fully saturated rings. The molecule has 2 aromatic rings. The van der Waals surface area contributed by atoms with Crippen LogP contribution in [0.5, 0.6) is 5.75 Å². The summed E-state index contributed by atoms with van der Waals surface area (Å²) in [6.07, 6.45) is 1.73. The molecular weight excluding hydrogens is 280 g/mol. The number of nitrogens with zero attached hydrogens (tertiary/aromatic N) is 1. The normalized spacial score (nSPS) is 19.1. The third-order valence-corrected chi connectivity index (χ3v) is 4.75. The second kappa shape index (κ2) is 5.43. The van der Waals surface area contributed by atoms with Gasteiger partial charge in [0.15, 0.2) is 0 Å². The molecule has 2 atom stereocenters. The standard InChI is InChI=1S/C17H22N2OS/c1-17(2,3)15-10-21-16(19-15)9-12(18)14-8-11-6-4-5-7-13(11)20-14/h4-7,10,12,14H,8-9,18H2,1-3H3. The van der Waals surface area contributed by atoms with Gasteiger partial charge in [-0.05, 0) is 11.6 Å². The Balaban J connectivity index is 1.65. The van der Waals surface area contributed by atoms with Crippen LogP contribution in [0.2, 0.25) is 0 Å². The maximum atomic E-state index is 6.35. The molecule has 1 aliphatic heterocycles. The lowest BCUT2D eigenvalue weighted by atomic mass is 9.93. The zero-order valence-corrected chi connectivity index (χ0v) is 13.6. The Bertz CT molecular complexity index is 605. The number of ether oxygens (including phenoxy) is 1. The Morgan fingerprint density at radius 1 is 1.38 bits per heavy atom. The van der Waals surface area contributed by atoms with Crippen LogP contribution in [0.3, 0.4) is 0 Å². The monoisotopic (exact) mass is 302 g/mol. The molecule has 0 spiro atoms. The van der Waals surface area contributed by atoms with Crippen LogP contribution in [0.1, 0.15) is 37.0 Å². The summed E-state index contributed by atoms with van der Waals surface area (Å²) in [5, 5.41) is 3.25. The van der Waals surface area contributed by atoms with Gasteiger partial charge in [0.2, 0.25) is 0 Å². The highest BCUT2D eigenvalue weighted by Gasteiger charge is 2.29. The van der Waals surface area contributed by atoms with Crippen LogP contribution in [0.25, 0.3) is 0 Å². The molecule has 3 nitrogen and oxygen atoms in total. The summed E-state index contributed by atoms with van der Waals surface area (Å²) in [5.41, 5.74) is 8.85. The van der Waals surface area contributed by atoms with Crippen LogP contribution < -0.4 is 10.5 Å². The molecule has 0 amide bonds. The molecule has 2 unspecified atom stereocenters. The Kier molecular flexibility index (Phi) is 3.76. The van der Waals surface area contributed by atoms with Gasteiger partial charge in [-0.25, -0.2) is 4.98 Å². The first kappa shape index (κ1) is 14.5. The van der Waals surface area contributed by atoms with Crippen molar-refractivity contribution in [3.63, 3.8) is 0 Å². The van der Waals surface area contributed by atoms with E-state index in [9.17, 15) is 0 Å². The second-order valence-electron chi connectivity index (χ2n) is 6.71. The Morgan fingerprint density at radius 3 is 2.81 bits per heavy atom. The number of para-hydroxylation sites is 1. The number of aromatic nitrogens is 1. The fraction of sp³-hybridized carbons (Fsp3) is 0.471. The van der Waals surface area contributed by atoms with Gasteiger partial charge in [-0.3, -0.25) is 0 Å². The van der Waals surface area contributed by atoms with Crippen molar-refractivity contribution < 1.29 is 4.74 Å². The number of hydrogen-bond donors (Lipinski definition) is 1. The van der Waals surface area contributed by atoms with Crippen molar-refractivity contribution in [1.82, 2.24) is 4.98 Å². The van der Waals surface area contributed by atoms with Gasteiger partial charge in [0.1, 0.15) is 11.9 Å². The maximum Gasteiger partial charge on any atom is 0.123 e. The molecule has 2 N–H and O–H groups in total. The molecule has 0 aliphatic carbocycles. The summed E-state index contributed by atoms with van der Waals surface area (Å²) < 4.78 is 5.97. The van der Waals surface area contributed by atoms with E-state index in [0.717, 1.165) is 29.3 Å². The summed E-state index contributed by atoms with van der Waals surface area (Å²) in [5.74, 6) is 0.979. The summed E-state index contributed by atoms with van der Waals surface area (Å²) >= 11 is 1.70. The number of rotatable bonds is 3. The molecule has 3 rings (SSSR count). The van der Waals surface area contributed by atoms with E-state index in [1.165, 1.54) is 5.56 Å². The Hall–Kier alpha value is -1.39. The molecule has 21 heavy (non-hydrogen) atoms. The van der Waals surface area contributed by atoms with Crippen LogP contribution in [-0.4, -0.2) is 17.1 Å². The van der Waals surface area contributed by atoms with Crippen molar-refractivity contribution in [3.05, 3.63) is 45.9 Å². The van der Waals surface area contributed by atoms with Crippen LogP contribution in [0.4, 0.5) is 0 Å². The van der Waals surface area contributed by atoms with Gasteiger partial charge >= 0.3 is 0 Å². The lowest BCUT2D eigenvalue weighted by Gasteiger charge is -2.18. The first-order chi connectivity index (χ1) is 9.93. The highest BCUT2D eigenvalue weighted by atomic mass is 32.1. The van der Waals surface area contributed by atoms with Crippen molar-refractivity contribution in [3.8, 4) is 5.75 Å². The van der Waals surface area contributed by atoms with Gasteiger partial charge < -0.3 is 10.5 Å². The Morgan fingerprint density at radius 2 is 2.14 bits per heavy atom. The molecule has 0 saturated carbocycles. The highest BCUT2D eigenvalue weighted by Crippen LogP contribution is 2.30. The SMILES string of the molecule is CC(C)(C)c1csc(CC(N)C2Cc3ccccc3O2)n1. The van der Waals surface area contributed by atoms with E-state index >= 15 is 0 Å². The molecule has 112 valence electrons. The van der Waals surface area contributed by atoms with Gasteiger partial charge in [0.05, 0.1) is 10.7 Å². The molecule has 1 aliphatic rings. The van der Waals surface area contributed by atoms with Crippen molar-refractivity contribution in [2.45, 2.75) is 51.2 Å². The predicted octanol–water partition coefficient (Wildman–Crippen LogP) is 3.31. The van der Waals surface area contributed by atoms with E-state index in [1.807, 2.05) is 18.2 Å². The molecule has 1 aromatic carbocycles. The summed E-state index contributed by atoms with van der Waals surface area (Å²) in [6.45, 7) is 6.55. The first-order valence-corrected chi connectivity index (χ1v) is 8.26. The summed E-state index contributed by atoms with van der Waals surface area (Å²) in [7, 11) is 0. The van der Waals surface area contributed by atoms with Crippen LogP contribution in [0, 0.1) is 0 Å². The van der Waals surface area contributed by atoms with Crippen LogP contribution >= 0.6 is 11.3 Å². The number of fused-ring (bicyclic) bond motifs is 1. The van der Waals surface area contributed by atoms with Crippen molar-refractivity contribution in [2.24, 2.45) is 5.73 Å². The highest BCUT2D eigenvalue weighted by molar-refractivity contribution is 7.09. The topological polar surface area (TPSA) is 48.1 Å². The Labute approximate surface area is 130 Å². The predicted molar refractivity (Wildman–Crippen MR) is 87.1 cm³/mol. The summed E-state index contributed by atoms with van der Waals surface area (Å²) in [6, 6.07) is 8.17. The average molecular weight is 302 g/mol. The van der Waals surface area contributed by atoms with E-state index in [-0.39, 0.29) is 17.6 Å². The fourth-order valence-electron chi connectivity index (χ4n) is 2.53. The lowest BCUT2D eigenvalue weighted by molar-refractivity contribution is 0.198. The molecule has 1 aromatic heterocycles. The fourth-order valence-corrected chi connectivity index (χ4v) is 3.62. The van der Waals surface area contributed by atoms with Crippen molar-refractivity contribution >= 4 is 11.3 Å². The second-order valence-corrected chi connectivity index (χ2v) is 7.66. The van der Waals surface area contributed by atoms with E-state index in [0.29, 0.717) is 0 Å². The van der Waals surface area contributed by atoms with Crippen molar-refractivity contribution in [1.29, 1.82) is 0 Å². The summed E-state index contributed by atoms with van der Waals surface area (Å²) in [4.78, 5) is 4.72. The van der Waals surface area contributed by atoms with E-state index < -0.39 is 0 Å².